The molecule has 0 atom stereocenters. The molecule has 0 aromatic carbocycles. The van der Waals surface area contributed by atoms with Gasteiger partial charge in [-0.3, -0.25) is 0 Å². The first kappa shape index (κ1) is 9.87. The Labute approximate surface area is 71.1 Å². The van der Waals surface area contributed by atoms with Crippen LogP contribution in [0.3, 0.4) is 0 Å². The third-order valence-corrected chi connectivity index (χ3v) is 2.89. The van der Waals surface area contributed by atoms with Crippen LogP contribution in [0, 0.1) is 11.8 Å². The van der Waals surface area contributed by atoms with E-state index < -0.39 is 12.1 Å². The van der Waals surface area contributed by atoms with Crippen molar-refractivity contribution in [2.24, 2.45) is 11.8 Å². The second-order valence-electron chi connectivity index (χ2n) is 3.67. The van der Waals surface area contributed by atoms with Gasteiger partial charge in [-0.1, -0.05) is 13.3 Å². The average Bonchev–Trinajstić information content (AvgIpc) is 2.03. The lowest BCUT2D eigenvalue weighted by Crippen LogP contribution is -2.27. The summed E-state index contributed by atoms with van der Waals surface area (Å²) in [5.41, 5.74) is 0. The molecule has 72 valence electrons. The average molecular weight is 180 g/mol. The van der Waals surface area contributed by atoms with Gasteiger partial charge in [0.1, 0.15) is 0 Å². The quantitative estimate of drug-likeness (QED) is 0.576. The van der Waals surface area contributed by atoms with Crippen molar-refractivity contribution in [3.8, 4) is 0 Å². The minimum absolute atomic E-state index is 0.349. The van der Waals surface area contributed by atoms with Crippen LogP contribution < -0.4 is 0 Å². The van der Waals surface area contributed by atoms with Gasteiger partial charge in [0.2, 0.25) is 0 Å². The third kappa shape index (κ3) is 2.39. The Morgan fingerprint density at radius 2 is 1.58 bits per heavy atom. The fourth-order valence-electron chi connectivity index (χ4n) is 1.90. The zero-order chi connectivity index (χ0) is 9.19. The van der Waals surface area contributed by atoms with Crippen LogP contribution in [0.4, 0.5) is 13.2 Å². The number of hydrogen-bond acceptors (Lipinski definition) is 0. The van der Waals surface area contributed by atoms with Crippen molar-refractivity contribution in [3.05, 3.63) is 0 Å². The van der Waals surface area contributed by atoms with Gasteiger partial charge in [0, 0.05) is 0 Å². The Morgan fingerprint density at radius 3 is 1.92 bits per heavy atom. The van der Waals surface area contributed by atoms with E-state index in [-0.39, 0.29) is 0 Å². The number of halogens is 3. The van der Waals surface area contributed by atoms with Crippen molar-refractivity contribution in [2.75, 3.05) is 0 Å². The Balaban J connectivity index is 2.36. The first-order valence-electron chi connectivity index (χ1n) is 4.60. The lowest BCUT2D eigenvalue weighted by Gasteiger charge is -2.29. The summed E-state index contributed by atoms with van der Waals surface area (Å²) in [6.45, 7) is 2.05. The molecule has 0 bridgehead atoms. The third-order valence-electron chi connectivity index (χ3n) is 2.89. The summed E-state index contributed by atoms with van der Waals surface area (Å²) in [5.74, 6) is -0.469. The molecule has 0 unspecified atom stereocenters. The largest absolute Gasteiger partial charge is 0.391 e. The summed E-state index contributed by atoms with van der Waals surface area (Å²) >= 11 is 0. The summed E-state index contributed by atoms with van der Waals surface area (Å²) in [6.07, 6.45) is -0.686. The van der Waals surface area contributed by atoms with Crippen molar-refractivity contribution in [3.63, 3.8) is 0 Å². The fraction of sp³-hybridized carbons (Fsp3) is 1.00. The van der Waals surface area contributed by atoms with E-state index in [1.807, 2.05) is 0 Å². The highest BCUT2D eigenvalue weighted by atomic mass is 19.4. The maximum atomic E-state index is 12.2. The highest BCUT2D eigenvalue weighted by Crippen LogP contribution is 2.40. The van der Waals surface area contributed by atoms with E-state index in [1.165, 1.54) is 0 Å². The van der Waals surface area contributed by atoms with E-state index in [0.29, 0.717) is 18.8 Å². The maximum Gasteiger partial charge on any atom is 0.391 e. The standard InChI is InChI=1S/C9H15F3/c1-2-7-3-5-8(6-4-7)9(10,11)12/h7-8H,2-6H2,1H3/t7-,8-. The molecule has 0 N–H and O–H groups in total. The topological polar surface area (TPSA) is 0 Å². The molecule has 0 spiro atoms. The lowest BCUT2D eigenvalue weighted by atomic mass is 9.80. The van der Waals surface area contributed by atoms with Gasteiger partial charge in [-0.2, -0.15) is 13.2 Å². The molecule has 1 saturated carbocycles. The molecule has 0 amide bonds. The van der Waals surface area contributed by atoms with Crippen molar-refractivity contribution >= 4 is 0 Å². The molecule has 0 radical (unpaired) electrons. The van der Waals surface area contributed by atoms with Gasteiger partial charge in [0.25, 0.3) is 0 Å². The summed E-state index contributed by atoms with van der Waals surface area (Å²) in [5, 5.41) is 0. The van der Waals surface area contributed by atoms with Gasteiger partial charge < -0.3 is 0 Å². The second-order valence-corrected chi connectivity index (χ2v) is 3.67. The highest BCUT2D eigenvalue weighted by molar-refractivity contribution is 4.76. The Kier molecular flexibility index (Phi) is 3.02. The van der Waals surface area contributed by atoms with Crippen molar-refractivity contribution in [1.82, 2.24) is 0 Å². The Morgan fingerprint density at radius 1 is 1.08 bits per heavy atom. The monoisotopic (exact) mass is 180 g/mol. The van der Waals surface area contributed by atoms with Crippen LogP contribution >= 0.6 is 0 Å². The first-order valence-corrected chi connectivity index (χ1v) is 4.60. The number of hydrogen-bond donors (Lipinski definition) is 0. The normalized spacial score (nSPS) is 32.0. The van der Waals surface area contributed by atoms with E-state index in [1.54, 1.807) is 0 Å². The predicted octanol–water partition coefficient (Wildman–Crippen LogP) is 3.77. The van der Waals surface area contributed by atoms with Crippen LogP contribution in [0.25, 0.3) is 0 Å². The van der Waals surface area contributed by atoms with Crippen LogP contribution in [0.1, 0.15) is 39.0 Å². The van der Waals surface area contributed by atoms with E-state index in [2.05, 4.69) is 6.92 Å². The Hall–Kier alpha value is -0.210. The zero-order valence-corrected chi connectivity index (χ0v) is 7.32. The zero-order valence-electron chi connectivity index (χ0n) is 7.32. The molecule has 0 aromatic heterocycles. The van der Waals surface area contributed by atoms with Gasteiger partial charge >= 0.3 is 6.18 Å². The highest BCUT2D eigenvalue weighted by Gasteiger charge is 2.40. The van der Waals surface area contributed by atoms with Gasteiger partial charge in [0.05, 0.1) is 5.92 Å². The van der Waals surface area contributed by atoms with E-state index in [0.717, 1.165) is 19.3 Å². The predicted molar refractivity (Wildman–Crippen MR) is 41.8 cm³/mol. The van der Waals surface area contributed by atoms with Gasteiger partial charge in [0.15, 0.2) is 0 Å². The van der Waals surface area contributed by atoms with E-state index in [4.69, 9.17) is 0 Å². The number of alkyl halides is 3. The molecule has 0 saturated heterocycles. The molecular weight excluding hydrogens is 165 g/mol. The van der Waals surface area contributed by atoms with Crippen LogP contribution in [0.5, 0.6) is 0 Å². The molecule has 0 nitrogen and oxygen atoms in total. The van der Waals surface area contributed by atoms with E-state index >= 15 is 0 Å². The summed E-state index contributed by atoms with van der Waals surface area (Å²) in [6, 6.07) is 0. The maximum absolute atomic E-state index is 12.2. The van der Waals surface area contributed by atoms with Gasteiger partial charge in [-0.25, -0.2) is 0 Å². The molecule has 1 aliphatic carbocycles. The van der Waals surface area contributed by atoms with Crippen LogP contribution in [-0.2, 0) is 0 Å². The minimum atomic E-state index is -3.95. The molecule has 1 fully saturated rings. The summed E-state index contributed by atoms with van der Waals surface area (Å²) in [4.78, 5) is 0. The SMILES string of the molecule is CC[C@H]1CC[C@H](C(F)(F)F)CC1. The van der Waals surface area contributed by atoms with Crippen molar-refractivity contribution in [2.45, 2.75) is 45.2 Å². The van der Waals surface area contributed by atoms with Crippen LogP contribution in [0.2, 0.25) is 0 Å². The molecule has 0 aromatic rings. The first-order chi connectivity index (χ1) is 5.54. The van der Waals surface area contributed by atoms with Gasteiger partial charge in [-0.05, 0) is 31.6 Å². The van der Waals surface area contributed by atoms with Gasteiger partial charge in [-0.15, -0.1) is 0 Å². The van der Waals surface area contributed by atoms with Crippen molar-refractivity contribution < 1.29 is 13.2 Å². The summed E-state index contributed by atoms with van der Waals surface area (Å²) in [7, 11) is 0. The summed E-state index contributed by atoms with van der Waals surface area (Å²) < 4.78 is 36.5. The van der Waals surface area contributed by atoms with E-state index in [9.17, 15) is 13.2 Å². The van der Waals surface area contributed by atoms with Crippen molar-refractivity contribution in [1.29, 1.82) is 0 Å². The van der Waals surface area contributed by atoms with Crippen LogP contribution in [-0.4, -0.2) is 6.18 Å². The smallest absolute Gasteiger partial charge is 0.171 e. The molecule has 0 heterocycles. The molecule has 1 aliphatic rings. The number of rotatable bonds is 1. The molecule has 0 aliphatic heterocycles. The molecule has 12 heavy (non-hydrogen) atoms. The second kappa shape index (κ2) is 3.67. The lowest BCUT2D eigenvalue weighted by molar-refractivity contribution is -0.183. The molecular formula is C9H15F3. The minimum Gasteiger partial charge on any atom is -0.171 e. The molecule has 1 rings (SSSR count). The van der Waals surface area contributed by atoms with Crippen LogP contribution in [0.15, 0.2) is 0 Å². The fourth-order valence-corrected chi connectivity index (χ4v) is 1.90. The Bertz CT molecular complexity index is 131. The molecule has 3 heteroatoms.